The molecule has 1 saturated carbocycles. The van der Waals surface area contributed by atoms with Crippen molar-refractivity contribution in [2.24, 2.45) is 5.92 Å². The van der Waals surface area contributed by atoms with E-state index in [9.17, 15) is 12.8 Å². The van der Waals surface area contributed by atoms with E-state index in [-0.39, 0.29) is 10.9 Å². The number of rotatable bonds is 4. The second-order valence-corrected chi connectivity index (χ2v) is 5.92. The third kappa shape index (κ3) is 2.59. The summed E-state index contributed by atoms with van der Waals surface area (Å²) in [6.07, 6.45) is 2.15. The molecule has 88 valence electrons. The van der Waals surface area contributed by atoms with Crippen molar-refractivity contribution >= 4 is 10.0 Å². The Morgan fingerprint density at radius 1 is 1.31 bits per heavy atom. The van der Waals surface area contributed by atoms with Gasteiger partial charge in [-0.15, -0.1) is 0 Å². The first-order valence-electron chi connectivity index (χ1n) is 5.27. The fourth-order valence-electron chi connectivity index (χ4n) is 1.62. The van der Waals surface area contributed by atoms with Crippen LogP contribution < -0.4 is 4.72 Å². The first-order valence-corrected chi connectivity index (χ1v) is 6.75. The van der Waals surface area contributed by atoms with Crippen molar-refractivity contribution in [3.8, 4) is 0 Å². The van der Waals surface area contributed by atoms with Crippen LogP contribution >= 0.6 is 0 Å². The van der Waals surface area contributed by atoms with Gasteiger partial charge in [-0.2, -0.15) is 0 Å². The van der Waals surface area contributed by atoms with Crippen molar-refractivity contribution in [2.75, 3.05) is 0 Å². The molecule has 0 saturated heterocycles. The maximum atomic E-state index is 12.7. The lowest BCUT2D eigenvalue weighted by atomic mass is 10.2. The minimum Gasteiger partial charge on any atom is -0.208 e. The van der Waals surface area contributed by atoms with Crippen LogP contribution in [0.25, 0.3) is 0 Å². The van der Waals surface area contributed by atoms with Gasteiger partial charge in [0, 0.05) is 6.04 Å². The summed E-state index contributed by atoms with van der Waals surface area (Å²) >= 11 is 0. The van der Waals surface area contributed by atoms with Crippen LogP contribution in [-0.2, 0) is 10.0 Å². The van der Waals surface area contributed by atoms with Crippen molar-refractivity contribution in [2.45, 2.75) is 30.7 Å². The molecule has 1 aromatic rings. The molecule has 1 aliphatic rings. The van der Waals surface area contributed by atoms with Crippen molar-refractivity contribution < 1.29 is 12.8 Å². The SMILES string of the molecule is C[C@@H](NS(=O)(=O)c1ccc(F)cc1)C1CC1. The molecule has 0 aliphatic heterocycles. The Balaban J connectivity index is 2.14. The summed E-state index contributed by atoms with van der Waals surface area (Å²) in [6, 6.07) is 4.80. The number of hydrogen-bond acceptors (Lipinski definition) is 2. The van der Waals surface area contributed by atoms with Gasteiger partial charge < -0.3 is 0 Å². The molecule has 0 aromatic heterocycles. The summed E-state index contributed by atoms with van der Waals surface area (Å²) in [6.45, 7) is 1.86. The Labute approximate surface area is 94.7 Å². The fourth-order valence-corrected chi connectivity index (χ4v) is 2.93. The first-order chi connectivity index (χ1) is 7.49. The molecule has 0 amide bonds. The largest absolute Gasteiger partial charge is 0.240 e. The lowest BCUT2D eigenvalue weighted by molar-refractivity contribution is 0.538. The average molecular weight is 243 g/mol. The standard InChI is InChI=1S/C11H14FNO2S/c1-8(9-2-3-9)13-16(14,15)11-6-4-10(12)5-7-11/h4-9,13H,2-3H2,1H3/t8-/m1/s1. The average Bonchev–Trinajstić information content (AvgIpc) is 3.00. The van der Waals surface area contributed by atoms with Crippen LogP contribution in [0.2, 0.25) is 0 Å². The van der Waals surface area contributed by atoms with Gasteiger partial charge in [-0.05, 0) is 49.9 Å². The van der Waals surface area contributed by atoms with Gasteiger partial charge in [-0.3, -0.25) is 0 Å². The van der Waals surface area contributed by atoms with E-state index in [1.54, 1.807) is 0 Å². The van der Waals surface area contributed by atoms with Gasteiger partial charge >= 0.3 is 0 Å². The summed E-state index contributed by atoms with van der Waals surface area (Å²) in [5, 5.41) is 0. The lowest BCUT2D eigenvalue weighted by Gasteiger charge is -2.13. The first kappa shape index (κ1) is 11.5. The molecule has 3 nitrogen and oxygen atoms in total. The Bertz CT molecular complexity index is 465. The molecule has 1 aromatic carbocycles. The van der Waals surface area contributed by atoms with Crippen LogP contribution in [-0.4, -0.2) is 14.5 Å². The molecule has 5 heteroatoms. The smallest absolute Gasteiger partial charge is 0.208 e. The molecular weight excluding hydrogens is 229 g/mol. The fraction of sp³-hybridized carbons (Fsp3) is 0.455. The molecular formula is C11H14FNO2S. The van der Waals surface area contributed by atoms with Crippen LogP contribution in [0.5, 0.6) is 0 Å². The lowest BCUT2D eigenvalue weighted by Crippen LogP contribution is -2.33. The number of benzene rings is 1. The van der Waals surface area contributed by atoms with Gasteiger partial charge in [0.25, 0.3) is 0 Å². The number of halogens is 1. The maximum absolute atomic E-state index is 12.7. The monoisotopic (exact) mass is 243 g/mol. The highest BCUT2D eigenvalue weighted by molar-refractivity contribution is 7.89. The second-order valence-electron chi connectivity index (χ2n) is 4.20. The van der Waals surface area contributed by atoms with E-state index < -0.39 is 15.8 Å². The molecule has 0 bridgehead atoms. The molecule has 0 heterocycles. The van der Waals surface area contributed by atoms with Crippen LogP contribution in [0.15, 0.2) is 29.2 Å². The quantitative estimate of drug-likeness (QED) is 0.878. The van der Waals surface area contributed by atoms with Gasteiger partial charge in [0.15, 0.2) is 0 Å². The maximum Gasteiger partial charge on any atom is 0.240 e. The number of nitrogens with one attached hydrogen (secondary N) is 1. The zero-order valence-corrected chi connectivity index (χ0v) is 9.80. The summed E-state index contributed by atoms with van der Waals surface area (Å²) in [5.41, 5.74) is 0. The minimum absolute atomic E-state index is 0.0462. The van der Waals surface area contributed by atoms with Crippen LogP contribution in [0.3, 0.4) is 0 Å². The van der Waals surface area contributed by atoms with Gasteiger partial charge in [-0.25, -0.2) is 17.5 Å². The van der Waals surface area contributed by atoms with E-state index >= 15 is 0 Å². The summed E-state index contributed by atoms with van der Waals surface area (Å²) in [4.78, 5) is 0.112. The zero-order chi connectivity index (χ0) is 11.8. The topological polar surface area (TPSA) is 46.2 Å². The van der Waals surface area contributed by atoms with E-state index in [0.29, 0.717) is 5.92 Å². The molecule has 1 N–H and O–H groups in total. The van der Waals surface area contributed by atoms with E-state index in [0.717, 1.165) is 25.0 Å². The summed E-state index contributed by atoms with van der Waals surface area (Å²) in [5.74, 6) is 0.0180. The van der Waals surface area contributed by atoms with Crippen molar-refractivity contribution in [3.63, 3.8) is 0 Å². The number of hydrogen-bond donors (Lipinski definition) is 1. The Kier molecular flexibility index (Phi) is 2.99. The Morgan fingerprint density at radius 2 is 1.88 bits per heavy atom. The summed E-state index contributed by atoms with van der Waals surface area (Å²) in [7, 11) is -3.50. The molecule has 1 fully saturated rings. The molecule has 0 radical (unpaired) electrons. The third-order valence-electron chi connectivity index (χ3n) is 2.79. The van der Waals surface area contributed by atoms with E-state index in [1.807, 2.05) is 6.92 Å². The Morgan fingerprint density at radius 3 is 2.38 bits per heavy atom. The second kappa shape index (κ2) is 4.14. The van der Waals surface area contributed by atoms with Gasteiger partial charge in [0.05, 0.1) is 4.90 Å². The highest BCUT2D eigenvalue weighted by Crippen LogP contribution is 2.32. The van der Waals surface area contributed by atoms with Gasteiger partial charge in [0.1, 0.15) is 5.82 Å². The van der Waals surface area contributed by atoms with Crippen molar-refractivity contribution in [1.82, 2.24) is 4.72 Å². The van der Waals surface area contributed by atoms with Crippen LogP contribution in [0, 0.1) is 11.7 Å². The van der Waals surface area contributed by atoms with E-state index in [4.69, 9.17) is 0 Å². The predicted octanol–water partition coefficient (Wildman–Crippen LogP) is 1.90. The normalized spacial score (nSPS) is 18.4. The molecule has 0 unspecified atom stereocenters. The Hall–Kier alpha value is -0.940. The zero-order valence-electron chi connectivity index (χ0n) is 8.98. The molecule has 16 heavy (non-hydrogen) atoms. The minimum atomic E-state index is -3.50. The van der Waals surface area contributed by atoms with Crippen LogP contribution in [0.4, 0.5) is 4.39 Å². The third-order valence-corrected chi connectivity index (χ3v) is 4.37. The van der Waals surface area contributed by atoms with Gasteiger partial charge in [-0.1, -0.05) is 0 Å². The highest BCUT2D eigenvalue weighted by Gasteiger charge is 2.31. The van der Waals surface area contributed by atoms with Crippen LogP contribution in [0.1, 0.15) is 19.8 Å². The van der Waals surface area contributed by atoms with E-state index in [1.165, 1.54) is 12.1 Å². The predicted molar refractivity (Wildman–Crippen MR) is 58.9 cm³/mol. The van der Waals surface area contributed by atoms with Gasteiger partial charge in [0.2, 0.25) is 10.0 Å². The highest BCUT2D eigenvalue weighted by atomic mass is 32.2. The van der Waals surface area contributed by atoms with E-state index in [2.05, 4.69) is 4.72 Å². The number of sulfonamides is 1. The molecule has 1 atom stereocenters. The molecule has 1 aliphatic carbocycles. The molecule has 2 rings (SSSR count). The molecule has 0 spiro atoms. The summed E-state index contributed by atoms with van der Waals surface area (Å²) < 4.78 is 39.0. The van der Waals surface area contributed by atoms with Crippen molar-refractivity contribution in [3.05, 3.63) is 30.1 Å². The van der Waals surface area contributed by atoms with Crippen molar-refractivity contribution in [1.29, 1.82) is 0 Å².